The van der Waals surface area contributed by atoms with Crippen LogP contribution < -0.4 is 5.32 Å². The van der Waals surface area contributed by atoms with E-state index in [0.717, 1.165) is 25.9 Å². The molecule has 5 heteroatoms. The molecule has 0 saturated carbocycles. The van der Waals surface area contributed by atoms with Crippen molar-refractivity contribution in [3.63, 3.8) is 0 Å². The molecule has 1 aliphatic heterocycles. The summed E-state index contributed by atoms with van der Waals surface area (Å²) in [6.07, 6.45) is 6.27. The van der Waals surface area contributed by atoms with Crippen molar-refractivity contribution in [2.45, 2.75) is 31.8 Å². The third-order valence-corrected chi connectivity index (χ3v) is 3.36. The van der Waals surface area contributed by atoms with Gasteiger partial charge in [0, 0.05) is 38.4 Å². The predicted octanol–water partition coefficient (Wildman–Crippen LogP) is 0.484. The number of piperidine rings is 1. The van der Waals surface area contributed by atoms with Crippen molar-refractivity contribution in [1.29, 1.82) is 0 Å². The molecule has 0 unspecified atom stereocenters. The summed E-state index contributed by atoms with van der Waals surface area (Å²) in [5.41, 5.74) is 0. The van der Waals surface area contributed by atoms with E-state index in [1.807, 2.05) is 24.2 Å². The zero-order valence-corrected chi connectivity index (χ0v) is 10.3. The molecule has 1 fully saturated rings. The Morgan fingerprint density at radius 2 is 2.29 bits per heavy atom. The third kappa shape index (κ3) is 3.30. The van der Waals surface area contributed by atoms with Crippen LogP contribution in [0.3, 0.4) is 0 Å². The van der Waals surface area contributed by atoms with E-state index in [-0.39, 0.29) is 5.91 Å². The van der Waals surface area contributed by atoms with Gasteiger partial charge in [-0.25, -0.2) is 0 Å². The lowest BCUT2D eigenvalue weighted by Gasteiger charge is -2.31. The van der Waals surface area contributed by atoms with E-state index in [0.29, 0.717) is 19.0 Å². The molecule has 0 aromatic carbocycles. The van der Waals surface area contributed by atoms with E-state index in [9.17, 15) is 4.79 Å². The number of nitrogens with zero attached hydrogens (tertiary/aromatic N) is 3. The Hall–Kier alpha value is -1.36. The fraction of sp³-hybridized carbons (Fsp3) is 0.667. The second-order valence-corrected chi connectivity index (χ2v) is 4.50. The van der Waals surface area contributed by atoms with Crippen LogP contribution in [0.5, 0.6) is 0 Å². The molecule has 94 valence electrons. The lowest BCUT2D eigenvalue weighted by atomic mass is 10.1. The van der Waals surface area contributed by atoms with Gasteiger partial charge in [0.25, 0.3) is 0 Å². The largest absolute Gasteiger partial charge is 0.343 e. The van der Waals surface area contributed by atoms with Crippen molar-refractivity contribution < 1.29 is 4.79 Å². The summed E-state index contributed by atoms with van der Waals surface area (Å²) in [6.45, 7) is 2.70. The Balaban J connectivity index is 1.78. The van der Waals surface area contributed by atoms with Gasteiger partial charge >= 0.3 is 0 Å². The first-order chi connectivity index (χ1) is 8.27. The number of hydrogen-bond acceptors (Lipinski definition) is 3. The van der Waals surface area contributed by atoms with Crippen molar-refractivity contribution in [2.24, 2.45) is 0 Å². The molecule has 5 nitrogen and oxygen atoms in total. The summed E-state index contributed by atoms with van der Waals surface area (Å²) in [7, 11) is 1.92. The van der Waals surface area contributed by atoms with Crippen molar-refractivity contribution in [1.82, 2.24) is 20.0 Å². The van der Waals surface area contributed by atoms with E-state index in [1.54, 1.807) is 10.9 Å². The summed E-state index contributed by atoms with van der Waals surface area (Å²) >= 11 is 0. The summed E-state index contributed by atoms with van der Waals surface area (Å²) < 4.78 is 1.80. The zero-order chi connectivity index (χ0) is 12.1. The van der Waals surface area contributed by atoms with E-state index < -0.39 is 0 Å². The third-order valence-electron chi connectivity index (χ3n) is 3.36. The van der Waals surface area contributed by atoms with Crippen molar-refractivity contribution >= 4 is 5.91 Å². The second kappa shape index (κ2) is 5.82. The molecule has 1 saturated heterocycles. The number of rotatable bonds is 4. The van der Waals surface area contributed by atoms with Crippen molar-refractivity contribution in [3.05, 3.63) is 18.5 Å². The topological polar surface area (TPSA) is 50.2 Å². The molecule has 0 radical (unpaired) electrons. The van der Waals surface area contributed by atoms with Crippen molar-refractivity contribution in [2.75, 3.05) is 20.1 Å². The molecule has 1 N–H and O–H groups in total. The summed E-state index contributed by atoms with van der Waals surface area (Å²) in [4.78, 5) is 13.9. The highest BCUT2D eigenvalue weighted by Crippen LogP contribution is 2.11. The number of aryl methyl sites for hydroxylation is 1. The Bertz CT molecular complexity index is 343. The van der Waals surface area contributed by atoms with E-state index in [2.05, 4.69) is 10.4 Å². The lowest BCUT2D eigenvalue weighted by Crippen LogP contribution is -2.44. The number of nitrogens with one attached hydrogen (secondary N) is 1. The minimum absolute atomic E-state index is 0.215. The fourth-order valence-electron chi connectivity index (χ4n) is 2.22. The molecular formula is C12H20N4O. The first kappa shape index (κ1) is 12.1. The van der Waals surface area contributed by atoms with E-state index >= 15 is 0 Å². The van der Waals surface area contributed by atoms with Crippen LogP contribution in [0.2, 0.25) is 0 Å². The van der Waals surface area contributed by atoms with Gasteiger partial charge in [-0.05, 0) is 32.0 Å². The van der Waals surface area contributed by atoms with Gasteiger partial charge in [-0.2, -0.15) is 5.10 Å². The van der Waals surface area contributed by atoms with Crippen LogP contribution in [0.4, 0.5) is 0 Å². The van der Waals surface area contributed by atoms with Crippen LogP contribution in [0.1, 0.15) is 19.3 Å². The Kier molecular flexibility index (Phi) is 4.14. The minimum atomic E-state index is 0.215. The highest BCUT2D eigenvalue weighted by molar-refractivity contribution is 5.76. The maximum absolute atomic E-state index is 12.0. The fourth-order valence-corrected chi connectivity index (χ4v) is 2.22. The van der Waals surface area contributed by atoms with Gasteiger partial charge in [0.15, 0.2) is 0 Å². The zero-order valence-electron chi connectivity index (χ0n) is 10.3. The minimum Gasteiger partial charge on any atom is -0.343 e. The van der Waals surface area contributed by atoms with Crippen LogP contribution in [0, 0.1) is 0 Å². The molecule has 2 rings (SSSR count). The Morgan fingerprint density at radius 3 is 2.94 bits per heavy atom. The average molecular weight is 236 g/mol. The first-order valence-corrected chi connectivity index (χ1v) is 6.21. The maximum atomic E-state index is 12.0. The van der Waals surface area contributed by atoms with Gasteiger partial charge < -0.3 is 10.2 Å². The van der Waals surface area contributed by atoms with Gasteiger partial charge in [-0.1, -0.05) is 0 Å². The first-order valence-electron chi connectivity index (χ1n) is 6.21. The predicted molar refractivity (Wildman–Crippen MR) is 65.5 cm³/mol. The number of carbonyl (C=O) groups is 1. The van der Waals surface area contributed by atoms with Crippen LogP contribution in [-0.4, -0.2) is 46.8 Å². The maximum Gasteiger partial charge on any atom is 0.224 e. The summed E-state index contributed by atoms with van der Waals surface area (Å²) in [6, 6.07) is 2.28. The molecule has 2 heterocycles. The molecular weight excluding hydrogens is 216 g/mol. The molecule has 17 heavy (non-hydrogen) atoms. The van der Waals surface area contributed by atoms with Crippen LogP contribution >= 0.6 is 0 Å². The van der Waals surface area contributed by atoms with E-state index in [4.69, 9.17) is 0 Å². The number of aromatic nitrogens is 2. The number of hydrogen-bond donors (Lipinski definition) is 1. The Labute approximate surface area is 102 Å². The SMILES string of the molecule is CN(C(=O)CCn1cccn1)C1CCNCC1. The standard InChI is InChI=1S/C12H20N4O/c1-15(11-3-7-13-8-4-11)12(17)5-10-16-9-2-6-14-16/h2,6,9,11,13H,3-5,7-8,10H2,1H3. The molecule has 1 amide bonds. The molecule has 0 aliphatic carbocycles. The Morgan fingerprint density at radius 1 is 1.53 bits per heavy atom. The van der Waals surface area contributed by atoms with Crippen LogP contribution in [0.25, 0.3) is 0 Å². The second-order valence-electron chi connectivity index (χ2n) is 4.50. The molecule has 1 aromatic rings. The van der Waals surface area contributed by atoms with Crippen LogP contribution in [-0.2, 0) is 11.3 Å². The average Bonchev–Trinajstić information content (AvgIpc) is 2.89. The molecule has 0 atom stereocenters. The number of carbonyl (C=O) groups excluding carboxylic acids is 1. The smallest absolute Gasteiger partial charge is 0.224 e. The molecule has 1 aliphatic rings. The van der Waals surface area contributed by atoms with Crippen molar-refractivity contribution in [3.8, 4) is 0 Å². The molecule has 0 spiro atoms. The lowest BCUT2D eigenvalue weighted by molar-refractivity contribution is -0.132. The van der Waals surface area contributed by atoms with Gasteiger partial charge in [-0.15, -0.1) is 0 Å². The van der Waals surface area contributed by atoms with E-state index in [1.165, 1.54) is 0 Å². The number of amides is 1. The van der Waals surface area contributed by atoms with Gasteiger partial charge in [0.2, 0.25) is 5.91 Å². The van der Waals surface area contributed by atoms with Crippen LogP contribution in [0.15, 0.2) is 18.5 Å². The molecule has 1 aromatic heterocycles. The normalized spacial score (nSPS) is 17.0. The van der Waals surface area contributed by atoms with Gasteiger partial charge in [-0.3, -0.25) is 9.48 Å². The highest BCUT2D eigenvalue weighted by atomic mass is 16.2. The monoisotopic (exact) mass is 236 g/mol. The quantitative estimate of drug-likeness (QED) is 0.827. The van der Waals surface area contributed by atoms with Gasteiger partial charge in [0.1, 0.15) is 0 Å². The molecule has 0 bridgehead atoms. The summed E-state index contributed by atoms with van der Waals surface area (Å²) in [5.74, 6) is 0.215. The van der Waals surface area contributed by atoms with Gasteiger partial charge in [0.05, 0.1) is 0 Å². The highest BCUT2D eigenvalue weighted by Gasteiger charge is 2.21. The summed E-state index contributed by atoms with van der Waals surface area (Å²) in [5, 5.41) is 7.41.